The predicted octanol–water partition coefficient (Wildman–Crippen LogP) is 5.17. The van der Waals surface area contributed by atoms with Crippen LogP contribution in [0.1, 0.15) is 46.9 Å². The van der Waals surface area contributed by atoms with Crippen LogP contribution in [0.4, 0.5) is 0 Å². The Morgan fingerprint density at radius 2 is 1.83 bits per heavy atom. The molecule has 3 nitrogen and oxygen atoms in total. The van der Waals surface area contributed by atoms with Gasteiger partial charge in [0.15, 0.2) is 6.29 Å². The lowest BCUT2D eigenvalue weighted by atomic mass is 9.93. The largest absolute Gasteiger partial charge is 0.496 e. The summed E-state index contributed by atoms with van der Waals surface area (Å²) < 4.78 is 7.49. The van der Waals surface area contributed by atoms with Gasteiger partial charge in [-0.1, -0.05) is 13.8 Å². The molecule has 0 saturated carbocycles. The van der Waals surface area contributed by atoms with Crippen molar-refractivity contribution in [3.8, 4) is 16.9 Å². The molecule has 0 radical (unpaired) electrons. The first-order valence-electron chi connectivity index (χ1n) is 8.22. The number of methoxy groups -OCH3 is 1. The molecule has 0 spiro atoms. The summed E-state index contributed by atoms with van der Waals surface area (Å²) in [4.78, 5) is 11.8. The number of benzene rings is 1. The second-order valence-corrected chi connectivity index (χ2v) is 6.62. The zero-order chi connectivity index (χ0) is 17.4. The minimum Gasteiger partial charge on any atom is -0.496 e. The second kappa shape index (κ2) is 6.16. The Hall–Kier alpha value is -2.55. The van der Waals surface area contributed by atoms with Crippen LogP contribution in [-0.2, 0) is 0 Å². The highest BCUT2D eigenvalue weighted by molar-refractivity contribution is 5.91. The first-order chi connectivity index (χ1) is 11.5. The second-order valence-electron chi connectivity index (χ2n) is 6.62. The molecule has 0 unspecified atom stereocenters. The lowest BCUT2D eigenvalue weighted by molar-refractivity contribution is 0.111. The molecule has 3 aromatic rings. The van der Waals surface area contributed by atoms with Crippen molar-refractivity contribution < 1.29 is 9.53 Å². The number of carbonyl (C=O) groups is 1. The van der Waals surface area contributed by atoms with Gasteiger partial charge in [-0.2, -0.15) is 0 Å². The fourth-order valence-corrected chi connectivity index (χ4v) is 3.26. The summed E-state index contributed by atoms with van der Waals surface area (Å²) in [5, 5.41) is 0. The van der Waals surface area contributed by atoms with E-state index >= 15 is 0 Å². The lowest BCUT2D eigenvalue weighted by Gasteiger charge is -2.16. The van der Waals surface area contributed by atoms with E-state index in [1.807, 2.05) is 16.7 Å². The maximum absolute atomic E-state index is 11.8. The van der Waals surface area contributed by atoms with Crippen molar-refractivity contribution >= 4 is 11.8 Å². The fourth-order valence-electron chi connectivity index (χ4n) is 3.26. The van der Waals surface area contributed by atoms with Gasteiger partial charge in [-0.15, -0.1) is 0 Å². The molecule has 0 aliphatic heterocycles. The molecule has 1 aromatic carbocycles. The number of fused-ring (bicyclic) bond motifs is 1. The zero-order valence-corrected chi connectivity index (χ0v) is 14.9. The number of nitrogens with zero attached hydrogens (tertiary/aromatic N) is 1. The molecule has 0 aliphatic carbocycles. The molecule has 3 heteroatoms. The van der Waals surface area contributed by atoms with Gasteiger partial charge < -0.3 is 9.14 Å². The molecule has 0 amide bonds. The van der Waals surface area contributed by atoms with Gasteiger partial charge in [0.2, 0.25) is 0 Å². The minimum atomic E-state index is 0.346. The Kier molecular flexibility index (Phi) is 4.18. The summed E-state index contributed by atoms with van der Waals surface area (Å²) in [6, 6.07) is 10.4. The van der Waals surface area contributed by atoms with E-state index < -0.39 is 0 Å². The number of pyridine rings is 1. The Balaban J connectivity index is 2.31. The van der Waals surface area contributed by atoms with Crippen molar-refractivity contribution in [3.05, 3.63) is 58.9 Å². The number of aldehydes is 1. The molecular formula is C21H23NO2. The number of rotatable bonds is 4. The van der Waals surface area contributed by atoms with Crippen LogP contribution in [0.2, 0.25) is 0 Å². The first kappa shape index (κ1) is 16.3. The summed E-state index contributed by atoms with van der Waals surface area (Å²) in [5.41, 5.74) is 7.22. The smallest absolute Gasteiger partial charge is 0.167 e. The Labute approximate surface area is 142 Å². The van der Waals surface area contributed by atoms with E-state index in [4.69, 9.17) is 4.74 Å². The van der Waals surface area contributed by atoms with Crippen LogP contribution in [0.5, 0.6) is 5.75 Å². The molecule has 2 aromatic heterocycles. The van der Waals surface area contributed by atoms with Gasteiger partial charge in [0.1, 0.15) is 5.75 Å². The third-order valence-corrected chi connectivity index (χ3v) is 4.57. The molecule has 2 heterocycles. The number of hydrogen-bond acceptors (Lipinski definition) is 2. The third kappa shape index (κ3) is 2.60. The normalized spacial score (nSPS) is 11.2. The van der Waals surface area contributed by atoms with Crippen molar-refractivity contribution in [1.29, 1.82) is 0 Å². The van der Waals surface area contributed by atoms with Crippen LogP contribution < -0.4 is 4.74 Å². The van der Waals surface area contributed by atoms with Gasteiger partial charge in [-0.25, -0.2) is 0 Å². The van der Waals surface area contributed by atoms with Crippen molar-refractivity contribution in [1.82, 2.24) is 4.40 Å². The molecule has 0 N–H and O–H groups in total. The van der Waals surface area contributed by atoms with Gasteiger partial charge in [-0.3, -0.25) is 4.79 Å². The molecule has 24 heavy (non-hydrogen) atoms. The Morgan fingerprint density at radius 1 is 1.08 bits per heavy atom. The quantitative estimate of drug-likeness (QED) is 0.621. The summed E-state index contributed by atoms with van der Waals surface area (Å²) in [6.07, 6.45) is 2.90. The summed E-state index contributed by atoms with van der Waals surface area (Å²) in [7, 11) is 1.70. The Morgan fingerprint density at radius 3 is 2.46 bits per heavy atom. The van der Waals surface area contributed by atoms with E-state index in [2.05, 4.69) is 52.0 Å². The molecular weight excluding hydrogens is 298 g/mol. The molecule has 0 atom stereocenters. The molecule has 0 bridgehead atoms. The summed E-state index contributed by atoms with van der Waals surface area (Å²) in [6.45, 7) is 8.42. The first-order valence-corrected chi connectivity index (χ1v) is 8.22. The molecule has 0 fully saturated rings. The predicted molar refractivity (Wildman–Crippen MR) is 98.3 cm³/mol. The monoisotopic (exact) mass is 321 g/mol. The van der Waals surface area contributed by atoms with Gasteiger partial charge in [0, 0.05) is 17.3 Å². The van der Waals surface area contributed by atoms with E-state index in [0.29, 0.717) is 11.6 Å². The minimum absolute atomic E-state index is 0.346. The molecule has 0 saturated heterocycles. The topological polar surface area (TPSA) is 30.7 Å². The van der Waals surface area contributed by atoms with Crippen LogP contribution in [0.25, 0.3) is 16.6 Å². The van der Waals surface area contributed by atoms with E-state index in [-0.39, 0.29) is 0 Å². The average molecular weight is 321 g/mol. The van der Waals surface area contributed by atoms with E-state index in [0.717, 1.165) is 39.8 Å². The van der Waals surface area contributed by atoms with E-state index in [1.165, 1.54) is 5.56 Å². The Bertz CT molecular complexity index is 919. The van der Waals surface area contributed by atoms with Crippen molar-refractivity contribution in [2.45, 2.75) is 33.6 Å². The van der Waals surface area contributed by atoms with E-state index in [1.54, 1.807) is 7.11 Å². The number of carbonyl (C=O) groups excluding carboxylic acids is 1. The zero-order valence-electron chi connectivity index (χ0n) is 14.9. The average Bonchev–Trinajstić information content (AvgIpc) is 2.91. The molecule has 3 rings (SSSR count). The maximum atomic E-state index is 11.8. The highest BCUT2D eigenvalue weighted by Gasteiger charge is 2.17. The fraction of sp³-hybridized carbons (Fsp3) is 0.286. The van der Waals surface area contributed by atoms with Crippen LogP contribution in [0.3, 0.4) is 0 Å². The standard InChI is InChI=1S/C21H23NO2/c1-13(2)17-11-18(15(4)9-21(17)24-5)19-10-16-8-14(3)6-7-22(16)20(19)12-23/h6-13H,1-5H3. The van der Waals surface area contributed by atoms with Crippen molar-refractivity contribution in [3.63, 3.8) is 0 Å². The summed E-state index contributed by atoms with van der Waals surface area (Å²) >= 11 is 0. The van der Waals surface area contributed by atoms with Gasteiger partial charge >= 0.3 is 0 Å². The van der Waals surface area contributed by atoms with Gasteiger partial charge in [-0.05, 0) is 72.4 Å². The highest BCUT2D eigenvalue weighted by atomic mass is 16.5. The van der Waals surface area contributed by atoms with Crippen molar-refractivity contribution in [2.75, 3.05) is 7.11 Å². The number of ether oxygens (including phenoxy) is 1. The third-order valence-electron chi connectivity index (χ3n) is 4.57. The van der Waals surface area contributed by atoms with Crippen LogP contribution >= 0.6 is 0 Å². The van der Waals surface area contributed by atoms with Crippen molar-refractivity contribution in [2.24, 2.45) is 0 Å². The lowest BCUT2D eigenvalue weighted by Crippen LogP contribution is -1.98. The van der Waals surface area contributed by atoms with Gasteiger partial charge in [0.05, 0.1) is 12.8 Å². The molecule has 124 valence electrons. The van der Waals surface area contributed by atoms with E-state index in [9.17, 15) is 4.79 Å². The molecule has 0 aliphatic rings. The number of hydrogen-bond donors (Lipinski definition) is 0. The highest BCUT2D eigenvalue weighted by Crippen LogP contribution is 2.36. The summed E-state index contributed by atoms with van der Waals surface area (Å²) in [5.74, 6) is 1.25. The SMILES string of the molecule is COc1cc(C)c(-c2cc3cc(C)ccn3c2C=O)cc1C(C)C. The maximum Gasteiger partial charge on any atom is 0.167 e. The van der Waals surface area contributed by atoms with Crippen LogP contribution in [0, 0.1) is 13.8 Å². The van der Waals surface area contributed by atoms with Gasteiger partial charge in [0.25, 0.3) is 0 Å². The number of aryl methyl sites for hydroxylation is 2. The van der Waals surface area contributed by atoms with Crippen LogP contribution in [-0.4, -0.2) is 17.8 Å². The number of aromatic nitrogens is 1. The van der Waals surface area contributed by atoms with Crippen LogP contribution in [0.15, 0.2) is 36.5 Å².